The summed E-state index contributed by atoms with van der Waals surface area (Å²) in [4.78, 5) is 26.1. The smallest absolute Gasteiger partial charge is 0.262 e. The number of amides is 2. The molecule has 26 heavy (non-hydrogen) atoms. The van der Waals surface area contributed by atoms with Crippen LogP contribution in [0.2, 0.25) is 5.02 Å². The number of nitrogens with zero attached hydrogens (tertiary/aromatic N) is 2. The average molecular weight is 384 g/mol. The van der Waals surface area contributed by atoms with E-state index < -0.39 is 11.2 Å². The molecule has 2 amide bonds. The predicted molar refractivity (Wildman–Crippen MR) is 102 cm³/mol. The zero-order chi connectivity index (χ0) is 18.7. The minimum atomic E-state index is -0.859. The summed E-state index contributed by atoms with van der Waals surface area (Å²) in [6.07, 6.45) is 0.382. The first-order valence-electron chi connectivity index (χ1n) is 7.76. The van der Waals surface area contributed by atoms with Gasteiger partial charge in [0, 0.05) is 10.7 Å². The molecule has 0 saturated carbocycles. The quantitative estimate of drug-likeness (QED) is 0.648. The lowest BCUT2D eigenvalue weighted by Gasteiger charge is -2.18. The average Bonchev–Trinajstić information content (AvgIpc) is 2.94. The minimum Gasteiger partial charge on any atom is -0.365 e. The molecule has 7 heteroatoms. The first-order chi connectivity index (χ1) is 12.5. The summed E-state index contributed by atoms with van der Waals surface area (Å²) in [5, 5.41) is 9.67. The number of benzene rings is 2. The van der Waals surface area contributed by atoms with Crippen LogP contribution in [-0.4, -0.2) is 17.1 Å². The van der Waals surface area contributed by atoms with Gasteiger partial charge >= 0.3 is 0 Å². The lowest BCUT2D eigenvalue weighted by Crippen LogP contribution is -2.31. The van der Waals surface area contributed by atoms with Crippen LogP contribution < -0.4 is 10.6 Å². The number of nitriles is 1. The third kappa shape index (κ3) is 3.45. The molecule has 0 spiro atoms. The molecule has 0 bridgehead atoms. The molecule has 1 aliphatic heterocycles. The van der Waals surface area contributed by atoms with Crippen molar-refractivity contribution < 1.29 is 9.59 Å². The topological polar surface area (TPSA) is 87.2 Å². The Morgan fingerprint density at radius 2 is 1.85 bits per heavy atom. The van der Waals surface area contributed by atoms with Gasteiger partial charge in [0.2, 0.25) is 5.91 Å². The maximum atomic E-state index is 13.0. The number of carbonyl (C=O) groups excluding carboxylic acids is 2. The van der Waals surface area contributed by atoms with Crippen LogP contribution in [0.25, 0.3) is 0 Å². The fourth-order valence-electron chi connectivity index (χ4n) is 2.68. The number of primary amides is 1. The van der Waals surface area contributed by atoms with Crippen LogP contribution in [0.4, 0.5) is 5.69 Å². The Bertz CT molecular complexity index is 937. The fraction of sp³-hybridized carbons (Fsp3) is 0.105. The van der Waals surface area contributed by atoms with Crippen LogP contribution in [0.3, 0.4) is 0 Å². The van der Waals surface area contributed by atoms with Crippen molar-refractivity contribution in [2.24, 2.45) is 5.73 Å². The summed E-state index contributed by atoms with van der Waals surface area (Å²) < 4.78 is 0. The molecule has 1 atom stereocenters. The Morgan fingerprint density at radius 1 is 1.19 bits per heavy atom. The van der Waals surface area contributed by atoms with Gasteiger partial charge in [-0.2, -0.15) is 5.26 Å². The van der Waals surface area contributed by atoms with E-state index in [1.54, 1.807) is 30.3 Å². The van der Waals surface area contributed by atoms with E-state index in [0.29, 0.717) is 17.1 Å². The van der Waals surface area contributed by atoms with Gasteiger partial charge in [0.15, 0.2) is 0 Å². The Balaban J connectivity index is 2.04. The highest BCUT2D eigenvalue weighted by Gasteiger charge is 2.40. The molecule has 5 nitrogen and oxygen atoms in total. The van der Waals surface area contributed by atoms with Gasteiger partial charge in [0.05, 0.1) is 5.25 Å². The van der Waals surface area contributed by atoms with Crippen molar-refractivity contribution in [3.63, 3.8) is 0 Å². The molecule has 2 aromatic carbocycles. The number of carbonyl (C=O) groups is 2. The van der Waals surface area contributed by atoms with Crippen LogP contribution >= 0.6 is 23.4 Å². The summed E-state index contributed by atoms with van der Waals surface area (Å²) in [6.45, 7) is 0. The van der Waals surface area contributed by atoms with Gasteiger partial charge in [-0.1, -0.05) is 59.8 Å². The first-order valence-corrected chi connectivity index (χ1v) is 9.02. The monoisotopic (exact) mass is 383 g/mol. The SMILES string of the molecule is N#C/C(C(N)=O)=C1/S[C@@H](Cc2ccccc2Cl)C(=O)N1c1ccccc1. The molecular weight excluding hydrogens is 370 g/mol. The van der Waals surface area contributed by atoms with Crippen LogP contribution in [0.15, 0.2) is 65.2 Å². The maximum absolute atomic E-state index is 13.0. The first kappa shape index (κ1) is 18.1. The molecule has 2 aromatic rings. The van der Waals surface area contributed by atoms with Crippen molar-refractivity contribution in [1.82, 2.24) is 0 Å². The number of rotatable bonds is 4. The fourth-order valence-corrected chi connectivity index (χ4v) is 4.19. The lowest BCUT2D eigenvalue weighted by molar-refractivity contribution is -0.117. The number of halogens is 1. The number of thioether (sulfide) groups is 1. The van der Waals surface area contributed by atoms with Crippen LogP contribution in [0, 0.1) is 11.3 Å². The zero-order valence-electron chi connectivity index (χ0n) is 13.6. The maximum Gasteiger partial charge on any atom is 0.262 e. The van der Waals surface area contributed by atoms with E-state index in [0.717, 1.165) is 17.3 Å². The van der Waals surface area contributed by atoms with Gasteiger partial charge in [-0.15, -0.1) is 0 Å². The van der Waals surface area contributed by atoms with Gasteiger partial charge in [-0.25, -0.2) is 0 Å². The Hall–Kier alpha value is -2.75. The number of para-hydroxylation sites is 1. The molecule has 1 heterocycles. The van der Waals surface area contributed by atoms with Gasteiger partial charge in [0.1, 0.15) is 16.7 Å². The van der Waals surface area contributed by atoms with E-state index in [9.17, 15) is 14.9 Å². The predicted octanol–water partition coefficient (Wildman–Crippen LogP) is 3.25. The molecule has 1 aliphatic rings. The van der Waals surface area contributed by atoms with E-state index in [-0.39, 0.29) is 16.5 Å². The third-order valence-electron chi connectivity index (χ3n) is 3.90. The number of hydrogen-bond donors (Lipinski definition) is 1. The van der Waals surface area contributed by atoms with Crippen molar-refractivity contribution in [2.75, 3.05) is 4.90 Å². The number of anilines is 1. The Kier molecular flexibility index (Phi) is 5.31. The number of nitrogens with two attached hydrogens (primary N) is 1. The summed E-state index contributed by atoms with van der Waals surface area (Å²) >= 11 is 7.37. The highest BCUT2D eigenvalue weighted by Crippen LogP contribution is 2.42. The second-order valence-electron chi connectivity index (χ2n) is 5.57. The summed E-state index contributed by atoms with van der Waals surface area (Å²) in [5.74, 6) is -1.08. The van der Waals surface area contributed by atoms with Gasteiger partial charge in [0.25, 0.3) is 5.91 Å². The van der Waals surface area contributed by atoms with Crippen molar-refractivity contribution >= 4 is 40.9 Å². The van der Waals surface area contributed by atoms with Crippen molar-refractivity contribution in [3.05, 3.63) is 75.8 Å². The van der Waals surface area contributed by atoms with Gasteiger partial charge in [-0.05, 0) is 30.2 Å². The Morgan fingerprint density at radius 3 is 2.46 bits per heavy atom. The summed E-state index contributed by atoms with van der Waals surface area (Å²) in [6, 6.07) is 18.0. The van der Waals surface area contributed by atoms with Crippen molar-refractivity contribution in [1.29, 1.82) is 5.26 Å². The second-order valence-corrected chi connectivity index (χ2v) is 7.17. The van der Waals surface area contributed by atoms with E-state index in [2.05, 4.69) is 0 Å². The summed E-state index contributed by atoms with van der Waals surface area (Å²) in [7, 11) is 0. The van der Waals surface area contributed by atoms with Crippen LogP contribution in [0.1, 0.15) is 5.56 Å². The second kappa shape index (κ2) is 7.65. The van der Waals surface area contributed by atoms with Crippen molar-refractivity contribution in [2.45, 2.75) is 11.7 Å². The highest BCUT2D eigenvalue weighted by atomic mass is 35.5. The Labute approximate surface area is 160 Å². The van der Waals surface area contributed by atoms with Crippen LogP contribution in [-0.2, 0) is 16.0 Å². The molecule has 3 rings (SSSR count). The lowest BCUT2D eigenvalue weighted by atomic mass is 10.1. The van der Waals surface area contributed by atoms with E-state index >= 15 is 0 Å². The molecule has 130 valence electrons. The highest BCUT2D eigenvalue weighted by molar-refractivity contribution is 8.05. The molecule has 2 N–H and O–H groups in total. The van der Waals surface area contributed by atoms with Crippen LogP contribution in [0.5, 0.6) is 0 Å². The molecule has 1 fully saturated rings. The van der Waals surface area contributed by atoms with Crippen molar-refractivity contribution in [3.8, 4) is 6.07 Å². The number of hydrogen-bond acceptors (Lipinski definition) is 4. The standard InChI is InChI=1S/C19H14ClN3O2S/c20-15-9-5-4-6-12(15)10-16-18(25)23(13-7-2-1-3-8-13)19(26-16)14(11-21)17(22)24/h1-9,16H,10H2,(H2,22,24)/b19-14-/t16-/m0/s1. The minimum absolute atomic E-state index is 0.217. The van der Waals surface area contributed by atoms with Gasteiger partial charge in [-0.3, -0.25) is 14.5 Å². The van der Waals surface area contributed by atoms with E-state index in [1.165, 1.54) is 4.90 Å². The molecule has 0 aromatic heterocycles. The van der Waals surface area contributed by atoms with E-state index in [1.807, 2.05) is 30.3 Å². The molecule has 0 unspecified atom stereocenters. The third-order valence-corrected chi connectivity index (χ3v) is 5.53. The van der Waals surface area contributed by atoms with E-state index in [4.69, 9.17) is 17.3 Å². The van der Waals surface area contributed by atoms with Gasteiger partial charge < -0.3 is 5.73 Å². The molecule has 0 radical (unpaired) electrons. The zero-order valence-corrected chi connectivity index (χ0v) is 15.1. The molecule has 0 aliphatic carbocycles. The molecular formula is C19H14ClN3O2S. The normalized spacial score (nSPS) is 18.5. The largest absolute Gasteiger partial charge is 0.365 e. The summed E-state index contributed by atoms with van der Waals surface area (Å²) in [5.41, 5.74) is 6.52. The molecule has 1 saturated heterocycles.